The maximum absolute atomic E-state index is 11.5. The highest BCUT2D eigenvalue weighted by atomic mass is 35.5. The first-order valence-corrected chi connectivity index (χ1v) is 6.49. The molecule has 0 aliphatic carbocycles. The van der Waals surface area contributed by atoms with Gasteiger partial charge in [0.25, 0.3) is 4.52 Å². The van der Waals surface area contributed by atoms with Gasteiger partial charge in [-0.3, -0.25) is 4.79 Å². The van der Waals surface area contributed by atoms with Crippen LogP contribution in [-0.2, 0) is 14.3 Å². The first-order valence-electron chi connectivity index (χ1n) is 5.20. The third-order valence-electron chi connectivity index (χ3n) is 1.92. The average Bonchev–Trinajstić information content (AvgIpc) is 2.34. The number of alkyl halides is 3. The van der Waals surface area contributed by atoms with Gasteiger partial charge in [0.1, 0.15) is 12.1 Å². The predicted molar refractivity (Wildman–Crippen MR) is 70.9 cm³/mol. The van der Waals surface area contributed by atoms with Gasteiger partial charge in [-0.1, -0.05) is 23.2 Å². The number of halogens is 3. The van der Waals surface area contributed by atoms with E-state index in [4.69, 9.17) is 45.0 Å². The van der Waals surface area contributed by atoms with Crippen molar-refractivity contribution in [1.29, 1.82) is 0 Å². The van der Waals surface area contributed by atoms with Crippen molar-refractivity contribution in [3.05, 3.63) is 0 Å². The van der Waals surface area contributed by atoms with E-state index in [-0.39, 0.29) is 0 Å². The van der Waals surface area contributed by atoms with Gasteiger partial charge in [0.05, 0.1) is 12.5 Å². The molecule has 0 rings (SSSR count). The van der Waals surface area contributed by atoms with Crippen LogP contribution in [0.4, 0.5) is 4.79 Å². The van der Waals surface area contributed by atoms with Gasteiger partial charge in [-0.05, 0) is 6.92 Å². The standard InChI is InChI=1S/C9H13Cl3N2O6/c1-4(6(16)14-5(2-15)7(17)18)13-8(19)20-9(11,12)3-10/h4-5,15H,2-3H2,1H3,(H,13,19)(H,14,16)(H,17,18)/t4-,5-/m0/s1. The molecule has 2 amide bonds. The second-order valence-corrected chi connectivity index (χ2v) is 5.29. The van der Waals surface area contributed by atoms with Crippen LogP contribution in [0, 0.1) is 0 Å². The van der Waals surface area contributed by atoms with Crippen molar-refractivity contribution < 1.29 is 29.3 Å². The van der Waals surface area contributed by atoms with Crippen LogP contribution in [0.15, 0.2) is 0 Å². The smallest absolute Gasteiger partial charge is 0.410 e. The molecule has 0 aliphatic heterocycles. The summed E-state index contributed by atoms with van der Waals surface area (Å²) in [7, 11) is 0. The van der Waals surface area contributed by atoms with Gasteiger partial charge in [0.2, 0.25) is 5.91 Å². The summed E-state index contributed by atoms with van der Waals surface area (Å²) in [6.07, 6.45) is -1.12. The Kier molecular flexibility index (Phi) is 7.95. The van der Waals surface area contributed by atoms with Gasteiger partial charge in [-0.2, -0.15) is 0 Å². The van der Waals surface area contributed by atoms with E-state index < -0.39 is 47.1 Å². The van der Waals surface area contributed by atoms with E-state index in [0.29, 0.717) is 0 Å². The summed E-state index contributed by atoms with van der Waals surface area (Å²) in [6.45, 7) is 0.467. The summed E-state index contributed by atoms with van der Waals surface area (Å²) in [5.41, 5.74) is 0. The zero-order chi connectivity index (χ0) is 15.9. The minimum Gasteiger partial charge on any atom is -0.480 e. The van der Waals surface area contributed by atoms with Gasteiger partial charge < -0.3 is 25.6 Å². The first-order chi connectivity index (χ1) is 9.12. The zero-order valence-corrected chi connectivity index (χ0v) is 12.5. The number of aliphatic hydroxyl groups is 1. The number of rotatable bonds is 7. The van der Waals surface area contributed by atoms with E-state index in [2.05, 4.69) is 10.1 Å². The van der Waals surface area contributed by atoms with Crippen LogP contribution in [0.2, 0.25) is 0 Å². The van der Waals surface area contributed by atoms with Crippen molar-refractivity contribution in [3.63, 3.8) is 0 Å². The topological polar surface area (TPSA) is 125 Å². The number of carbonyl (C=O) groups excluding carboxylic acids is 2. The monoisotopic (exact) mass is 350 g/mol. The molecule has 0 unspecified atom stereocenters. The fraction of sp³-hybridized carbons (Fsp3) is 0.667. The summed E-state index contributed by atoms with van der Waals surface area (Å²) in [5.74, 6) is -2.65. The number of alkyl carbamates (subject to hydrolysis) is 1. The fourth-order valence-electron chi connectivity index (χ4n) is 0.917. The molecule has 0 aromatic carbocycles. The molecule has 8 nitrogen and oxygen atoms in total. The average molecular weight is 352 g/mol. The summed E-state index contributed by atoms with van der Waals surface area (Å²) < 4.78 is 2.54. The van der Waals surface area contributed by atoms with E-state index in [9.17, 15) is 14.4 Å². The van der Waals surface area contributed by atoms with E-state index in [1.165, 1.54) is 6.92 Å². The van der Waals surface area contributed by atoms with Crippen LogP contribution in [0.25, 0.3) is 0 Å². The molecule has 0 saturated heterocycles. The number of aliphatic carboxylic acids is 1. The van der Waals surface area contributed by atoms with Crippen molar-refractivity contribution >= 4 is 52.8 Å². The van der Waals surface area contributed by atoms with Crippen LogP contribution < -0.4 is 10.6 Å². The van der Waals surface area contributed by atoms with Crippen LogP contribution in [-0.4, -0.2) is 57.3 Å². The van der Waals surface area contributed by atoms with E-state index in [1.54, 1.807) is 0 Å². The Morgan fingerprint density at radius 2 is 1.85 bits per heavy atom. The molecule has 0 aromatic heterocycles. The van der Waals surface area contributed by atoms with Crippen molar-refractivity contribution in [2.45, 2.75) is 23.5 Å². The molecule has 116 valence electrons. The van der Waals surface area contributed by atoms with Gasteiger partial charge in [0, 0.05) is 0 Å². The van der Waals surface area contributed by atoms with E-state index in [0.717, 1.165) is 0 Å². The van der Waals surface area contributed by atoms with Crippen molar-refractivity contribution in [2.75, 3.05) is 12.5 Å². The number of nitrogens with one attached hydrogen (secondary N) is 2. The Morgan fingerprint density at radius 3 is 2.25 bits per heavy atom. The number of carbonyl (C=O) groups is 3. The lowest BCUT2D eigenvalue weighted by molar-refractivity contribution is -0.143. The van der Waals surface area contributed by atoms with Crippen LogP contribution in [0.1, 0.15) is 6.92 Å². The lowest BCUT2D eigenvalue weighted by Crippen LogP contribution is -2.52. The lowest BCUT2D eigenvalue weighted by atomic mass is 10.2. The number of hydrogen-bond acceptors (Lipinski definition) is 5. The highest BCUT2D eigenvalue weighted by molar-refractivity contribution is 6.50. The Hall–Kier alpha value is -0.960. The Labute approximate surface area is 129 Å². The minimum atomic E-state index is -1.95. The molecule has 0 bridgehead atoms. The molecule has 0 aromatic rings. The lowest BCUT2D eigenvalue weighted by Gasteiger charge is -2.20. The first kappa shape index (κ1) is 19.0. The molecule has 0 saturated carbocycles. The van der Waals surface area contributed by atoms with Crippen molar-refractivity contribution in [2.24, 2.45) is 0 Å². The molecule has 4 N–H and O–H groups in total. The molecular formula is C9H13Cl3N2O6. The van der Waals surface area contributed by atoms with Crippen LogP contribution in [0.5, 0.6) is 0 Å². The molecule has 20 heavy (non-hydrogen) atoms. The second kappa shape index (κ2) is 8.35. The van der Waals surface area contributed by atoms with Gasteiger partial charge >= 0.3 is 12.1 Å². The zero-order valence-electron chi connectivity index (χ0n) is 10.2. The molecular weight excluding hydrogens is 338 g/mol. The largest absolute Gasteiger partial charge is 0.480 e. The normalized spacial score (nSPS) is 14.1. The van der Waals surface area contributed by atoms with Crippen LogP contribution >= 0.6 is 34.8 Å². The molecule has 11 heteroatoms. The molecule has 0 spiro atoms. The Balaban J connectivity index is 4.39. The number of carboxylic acid groups (broad SMARTS) is 1. The molecule has 2 atom stereocenters. The highest BCUT2D eigenvalue weighted by Crippen LogP contribution is 2.24. The number of carboxylic acids is 1. The number of hydrogen-bond donors (Lipinski definition) is 4. The number of ether oxygens (including phenoxy) is 1. The summed E-state index contributed by atoms with van der Waals surface area (Å²) in [6, 6.07) is -2.62. The highest BCUT2D eigenvalue weighted by Gasteiger charge is 2.30. The molecule has 0 heterocycles. The SMILES string of the molecule is C[C@H](NC(=O)OC(Cl)(Cl)CCl)C(=O)N[C@@H](CO)C(=O)O. The Bertz CT molecular complexity index is 379. The minimum absolute atomic E-state index is 0.393. The fourth-order valence-corrected chi connectivity index (χ4v) is 1.11. The van der Waals surface area contributed by atoms with Crippen molar-refractivity contribution in [1.82, 2.24) is 10.6 Å². The predicted octanol–water partition coefficient (Wildman–Crippen LogP) is 0.0330. The summed E-state index contributed by atoms with van der Waals surface area (Å²) in [5, 5.41) is 21.4. The van der Waals surface area contributed by atoms with Gasteiger partial charge in [-0.15, -0.1) is 11.6 Å². The number of amides is 2. The third kappa shape index (κ3) is 6.99. The molecule has 0 radical (unpaired) electrons. The number of aliphatic hydroxyl groups excluding tert-OH is 1. The quantitative estimate of drug-likeness (QED) is 0.480. The van der Waals surface area contributed by atoms with Gasteiger partial charge in [0.15, 0.2) is 0 Å². The maximum Gasteiger partial charge on any atom is 0.410 e. The van der Waals surface area contributed by atoms with Crippen molar-refractivity contribution in [3.8, 4) is 0 Å². The van der Waals surface area contributed by atoms with Gasteiger partial charge in [-0.25, -0.2) is 9.59 Å². The van der Waals surface area contributed by atoms with E-state index in [1.807, 2.05) is 5.32 Å². The summed E-state index contributed by atoms with van der Waals surface area (Å²) in [4.78, 5) is 33.5. The maximum atomic E-state index is 11.5. The summed E-state index contributed by atoms with van der Waals surface area (Å²) >= 11 is 16.2. The second-order valence-electron chi connectivity index (χ2n) is 3.61. The molecule has 0 fully saturated rings. The van der Waals surface area contributed by atoms with Crippen LogP contribution in [0.3, 0.4) is 0 Å². The molecule has 0 aliphatic rings. The van der Waals surface area contributed by atoms with E-state index >= 15 is 0 Å². The Morgan fingerprint density at radius 1 is 1.30 bits per heavy atom. The third-order valence-corrected chi connectivity index (χ3v) is 2.99.